The highest BCUT2D eigenvalue weighted by Gasteiger charge is 2.12. The first-order chi connectivity index (χ1) is 14.6. The van der Waals surface area contributed by atoms with E-state index in [9.17, 15) is 0 Å². The average Bonchev–Trinajstić information content (AvgIpc) is 2.78. The van der Waals surface area contributed by atoms with E-state index in [-0.39, 0.29) is 0 Å². The Morgan fingerprint density at radius 1 is 0.933 bits per heavy atom. The van der Waals surface area contributed by atoms with Crippen molar-refractivity contribution in [2.45, 2.75) is 39.5 Å². The monoisotopic (exact) mass is 411 g/mol. The van der Waals surface area contributed by atoms with Crippen LogP contribution < -0.4 is 9.47 Å². The van der Waals surface area contributed by atoms with E-state index in [1.165, 1.54) is 29.5 Å². The molecule has 0 unspecified atom stereocenters. The molecule has 30 heavy (non-hydrogen) atoms. The second-order valence-corrected chi connectivity index (χ2v) is 8.46. The van der Waals surface area contributed by atoms with Crippen molar-refractivity contribution in [3.8, 4) is 11.5 Å². The summed E-state index contributed by atoms with van der Waals surface area (Å²) in [4.78, 5) is 2.38. The van der Waals surface area contributed by atoms with Crippen LogP contribution in [0.2, 0.25) is 0 Å². The summed E-state index contributed by atoms with van der Waals surface area (Å²) in [5.41, 5.74) is 4.08. The molecule has 0 amide bonds. The van der Waals surface area contributed by atoms with E-state index in [4.69, 9.17) is 14.2 Å². The van der Waals surface area contributed by atoms with Gasteiger partial charge in [0.1, 0.15) is 6.61 Å². The fraction of sp³-hybridized carbons (Fsp3) is 0.538. The Kier molecular flexibility index (Phi) is 9.03. The lowest BCUT2D eigenvalue weighted by Gasteiger charge is -2.26. The number of aryl methyl sites for hydroxylation is 3. The van der Waals surface area contributed by atoms with Crippen LogP contribution in [0.15, 0.2) is 42.5 Å². The smallest absolute Gasteiger partial charge is 0.161 e. The van der Waals surface area contributed by atoms with Gasteiger partial charge in [-0.2, -0.15) is 0 Å². The molecule has 0 spiro atoms. The van der Waals surface area contributed by atoms with Gasteiger partial charge >= 0.3 is 0 Å². The lowest BCUT2D eigenvalue weighted by Crippen LogP contribution is -2.38. The minimum atomic E-state index is 0.672. The first-order valence-corrected chi connectivity index (χ1v) is 11.3. The van der Waals surface area contributed by atoms with Crippen molar-refractivity contribution in [3.05, 3.63) is 59.2 Å². The first-order valence-electron chi connectivity index (χ1n) is 11.3. The largest absolute Gasteiger partial charge is 0.493 e. The molecule has 3 rings (SSSR count). The van der Waals surface area contributed by atoms with E-state index in [2.05, 4.69) is 61.2 Å². The standard InChI is InChI=1S/C26H37NO3/c1-21-4-8-23(9-5-21)10-6-22(2)7-11-24-12-13-25(26(20-24)28-3)30-19-16-27-14-17-29-18-15-27/h4-5,8-9,12-13,20,22H,6-7,10-11,14-19H2,1-3H3/t22-/m0/s1. The van der Waals surface area contributed by atoms with Crippen molar-refractivity contribution in [3.63, 3.8) is 0 Å². The predicted octanol–water partition coefficient (Wildman–Crippen LogP) is 4.92. The third-order valence-corrected chi connectivity index (χ3v) is 5.97. The predicted molar refractivity (Wildman–Crippen MR) is 123 cm³/mol. The van der Waals surface area contributed by atoms with E-state index in [1.807, 2.05) is 0 Å². The normalized spacial score (nSPS) is 15.7. The molecule has 2 aromatic rings. The Labute approximate surface area is 182 Å². The number of hydrogen-bond acceptors (Lipinski definition) is 4. The highest BCUT2D eigenvalue weighted by atomic mass is 16.5. The number of hydrogen-bond donors (Lipinski definition) is 0. The van der Waals surface area contributed by atoms with Gasteiger partial charge in [0.05, 0.1) is 20.3 Å². The molecule has 1 heterocycles. The summed E-state index contributed by atoms with van der Waals surface area (Å²) in [5, 5.41) is 0. The van der Waals surface area contributed by atoms with E-state index in [1.54, 1.807) is 7.11 Å². The second-order valence-electron chi connectivity index (χ2n) is 8.46. The highest BCUT2D eigenvalue weighted by molar-refractivity contribution is 5.43. The third kappa shape index (κ3) is 7.33. The molecule has 0 aromatic heterocycles. The van der Waals surface area contributed by atoms with Gasteiger partial charge in [-0.3, -0.25) is 4.90 Å². The summed E-state index contributed by atoms with van der Waals surface area (Å²) >= 11 is 0. The Morgan fingerprint density at radius 3 is 2.30 bits per heavy atom. The molecule has 1 aliphatic heterocycles. The summed E-state index contributed by atoms with van der Waals surface area (Å²) in [5.74, 6) is 2.37. The maximum atomic E-state index is 6.00. The topological polar surface area (TPSA) is 30.9 Å². The SMILES string of the molecule is COc1cc(CC[C@@H](C)CCc2ccc(C)cc2)ccc1OCCN1CCOCC1. The van der Waals surface area contributed by atoms with Gasteiger partial charge in [-0.05, 0) is 61.8 Å². The van der Waals surface area contributed by atoms with Crippen LogP contribution in [-0.2, 0) is 17.6 Å². The molecule has 1 saturated heterocycles. The molecule has 2 aromatic carbocycles. The number of benzene rings is 2. The Morgan fingerprint density at radius 2 is 1.60 bits per heavy atom. The van der Waals surface area contributed by atoms with Crippen molar-refractivity contribution < 1.29 is 14.2 Å². The molecule has 0 aliphatic carbocycles. The Hall–Kier alpha value is -2.04. The highest BCUT2D eigenvalue weighted by Crippen LogP contribution is 2.29. The molecule has 1 atom stereocenters. The van der Waals surface area contributed by atoms with Crippen LogP contribution in [0.5, 0.6) is 11.5 Å². The van der Waals surface area contributed by atoms with Crippen molar-refractivity contribution in [2.24, 2.45) is 5.92 Å². The van der Waals surface area contributed by atoms with Crippen molar-refractivity contribution in [1.29, 1.82) is 0 Å². The molecule has 0 radical (unpaired) electrons. The molecular weight excluding hydrogens is 374 g/mol. The molecule has 0 saturated carbocycles. The Bertz CT molecular complexity index is 753. The average molecular weight is 412 g/mol. The van der Waals surface area contributed by atoms with Gasteiger partial charge < -0.3 is 14.2 Å². The van der Waals surface area contributed by atoms with Gasteiger partial charge in [-0.1, -0.05) is 42.8 Å². The van der Waals surface area contributed by atoms with Crippen LogP contribution in [0.3, 0.4) is 0 Å². The number of ether oxygens (including phenoxy) is 3. The van der Waals surface area contributed by atoms with Crippen LogP contribution in [0.1, 0.15) is 36.5 Å². The quantitative estimate of drug-likeness (QED) is 0.525. The van der Waals surface area contributed by atoms with Gasteiger partial charge in [-0.25, -0.2) is 0 Å². The molecule has 1 fully saturated rings. The summed E-state index contributed by atoms with van der Waals surface area (Å²) in [6.07, 6.45) is 4.63. The van der Waals surface area contributed by atoms with Crippen molar-refractivity contribution >= 4 is 0 Å². The third-order valence-electron chi connectivity index (χ3n) is 5.97. The summed E-state index contributed by atoms with van der Waals surface area (Å²) in [6, 6.07) is 15.3. The zero-order chi connectivity index (χ0) is 21.2. The van der Waals surface area contributed by atoms with E-state index >= 15 is 0 Å². The van der Waals surface area contributed by atoms with Gasteiger partial charge in [-0.15, -0.1) is 0 Å². The van der Waals surface area contributed by atoms with Gasteiger partial charge in [0, 0.05) is 19.6 Å². The molecule has 164 valence electrons. The molecule has 0 N–H and O–H groups in total. The van der Waals surface area contributed by atoms with Crippen LogP contribution in [0.4, 0.5) is 0 Å². The lowest BCUT2D eigenvalue weighted by molar-refractivity contribution is 0.0321. The van der Waals surface area contributed by atoms with E-state index in [0.29, 0.717) is 12.5 Å². The number of methoxy groups -OCH3 is 1. The van der Waals surface area contributed by atoms with Gasteiger partial charge in [0.25, 0.3) is 0 Å². The van der Waals surface area contributed by atoms with Crippen LogP contribution in [0.25, 0.3) is 0 Å². The lowest BCUT2D eigenvalue weighted by atomic mass is 9.94. The second kappa shape index (κ2) is 12.0. The van der Waals surface area contributed by atoms with Crippen LogP contribution in [0, 0.1) is 12.8 Å². The fourth-order valence-corrected chi connectivity index (χ4v) is 3.82. The van der Waals surface area contributed by atoms with Gasteiger partial charge in [0.2, 0.25) is 0 Å². The molecular formula is C26H37NO3. The molecule has 0 bridgehead atoms. The van der Waals surface area contributed by atoms with E-state index in [0.717, 1.165) is 57.2 Å². The van der Waals surface area contributed by atoms with Crippen LogP contribution in [-0.4, -0.2) is 51.5 Å². The summed E-state index contributed by atoms with van der Waals surface area (Å²) < 4.78 is 17.0. The molecule has 1 aliphatic rings. The Balaban J connectivity index is 1.42. The summed E-state index contributed by atoms with van der Waals surface area (Å²) in [6.45, 7) is 9.71. The molecule has 4 heteroatoms. The zero-order valence-electron chi connectivity index (χ0n) is 18.9. The maximum absolute atomic E-state index is 6.00. The van der Waals surface area contributed by atoms with Crippen molar-refractivity contribution in [2.75, 3.05) is 46.6 Å². The van der Waals surface area contributed by atoms with Crippen molar-refractivity contribution in [1.82, 2.24) is 4.90 Å². The fourth-order valence-electron chi connectivity index (χ4n) is 3.82. The van der Waals surface area contributed by atoms with Gasteiger partial charge in [0.15, 0.2) is 11.5 Å². The number of rotatable bonds is 11. The summed E-state index contributed by atoms with van der Waals surface area (Å²) in [7, 11) is 1.72. The zero-order valence-corrected chi connectivity index (χ0v) is 18.9. The molecule has 4 nitrogen and oxygen atoms in total. The minimum absolute atomic E-state index is 0.672. The minimum Gasteiger partial charge on any atom is -0.493 e. The maximum Gasteiger partial charge on any atom is 0.161 e. The number of morpholine rings is 1. The number of nitrogens with zero attached hydrogens (tertiary/aromatic N) is 1. The van der Waals surface area contributed by atoms with E-state index < -0.39 is 0 Å². The first kappa shape index (κ1) is 22.6. The van der Waals surface area contributed by atoms with Crippen LogP contribution >= 0.6 is 0 Å².